The first kappa shape index (κ1) is 10.7. The summed E-state index contributed by atoms with van der Waals surface area (Å²) < 4.78 is 0. The molecule has 0 amide bonds. The predicted molar refractivity (Wildman–Crippen MR) is 34.9 cm³/mol. The number of pyridine rings is 1. The number of halogens is 1. The Bertz CT molecular complexity index is 177. The van der Waals surface area contributed by atoms with E-state index in [1.807, 2.05) is 0 Å². The molecule has 0 unspecified atom stereocenters. The van der Waals surface area contributed by atoms with E-state index >= 15 is 0 Å². The van der Waals surface area contributed by atoms with Crippen LogP contribution in [0.2, 0.25) is 5.15 Å². The van der Waals surface area contributed by atoms with E-state index in [0.29, 0.717) is 5.15 Å². The van der Waals surface area contributed by atoms with Crippen molar-refractivity contribution in [1.29, 1.82) is 0 Å². The summed E-state index contributed by atoms with van der Waals surface area (Å²) in [6.45, 7) is 0. The fraction of sp³-hybridized carbons (Fsp3) is 0. The maximum atomic E-state index is 5.47. The van der Waals surface area contributed by atoms with E-state index in [4.69, 9.17) is 24.2 Å². The minimum Gasteiger partial charge on any atom is -0.780 e. The summed E-state index contributed by atoms with van der Waals surface area (Å²) in [6.07, 6.45) is 1.59. The Kier molecular flexibility index (Phi) is 6.40. The van der Waals surface area contributed by atoms with E-state index in [0.717, 1.165) is 4.90 Å². The maximum absolute atomic E-state index is 5.47. The average Bonchev–Trinajstić information content (AvgIpc) is 1.64. The molecule has 0 aromatic carbocycles. The average molecular weight is 278 g/mol. The Morgan fingerprint density at radius 2 is 2.22 bits per heavy atom. The second-order valence-corrected chi connectivity index (χ2v) is 2.17. The van der Waals surface area contributed by atoms with Crippen LogP contribution in [0.1, 0.15) is 0 Å². The van der Waals surface area contributed by atoms with Crippen molar-refractivity contribution in [3.63, 3.8) is 0 Å². The third kappa shape index (κ3) is 4.21. The monoisotopic (exact) mass is 277 g/mol. The Morgan fingerprint density at radius 3 is 2.56 bits per heavy atom. The number of nitrogens with zero attached hydrogens (tertiary/aromatic N) is 1. The van der Waals surface area contributed by atoms with E-state index in [2.05, 4.69) is 4.98 Å². The second kappa shape index (κ2) is 5.37. The molecule has 0 saturated carbocycles. The molecular weight excluding hydrogens is 274 g/mol. The standard InChI is InChI=1S/C5H4ClNS.Cs/c6-5-3-4(8)1-2-7-5;/h1-3H,(H,7,8);/q;+1/p-1. The summed E-state index contributed by atoms with van der Waals surface area (Å²) in [5.74, 6) is 0. The van der Waals surface area contributed by atoms with Gasteiger partial charge in [-0.05, 0) is 6.07 Å². The van der Waals surface area contributed by atoms with Crippen molar-refractivity contribution in [1.82, 2.24) is 4.98 Å². The van der Waals surface area contributed by atoms with E-state index in [1.54, 1.807) is 18.3 Å². The largest absolute Gasteiger partial charge is 1.00 e. The molecule has 0 saturated heterocycles. The molecular formula is C5H3ClCsNS. The van der Waals surface area contributed by atoms with Crippen LogP contribution in [0.4, 0.5) is 0 Å². The zero-order valence-corrected chi connectivity index (χ0v) is 12.8. The van der Waals surface area contributed by atoms with Gasteiger partial charge in [0.15, 0.2) is 0 Å². The fourth-order valence-electron chi connectivity index (χ4n) is 0.385. The van der Waals surface area contributed by atoms with Crippen LogP contribution < -0.4 is 68.9 Å². The molecule has 1 aromatic heterocycles. The molecule has 4 heteroatoms. The minimum absolute atomic E-state index is 0. The van der Waals surface area contributed by atoms with E-state index in [1.165, 1.54) is 0 Å². The van der Waals surface area contributed by atoms with Crippen LogP contribution in [0.25, 0.3) is 0 Å². The first-order valence-corrected chi connectivity index (χ1v) is 2.86. The van der Waals surface area contributed by atoms with Crippen LogP contribution >= 0.6 is 11.6 Å². The smallest absolute Gasteiger partial charge is 0.780 e. The van der Waals surface area contributed by atoms with Crippen molar-refractivity contribution in [3.05, 3.63) is 23.5 Å². The number of hydrogen-bond acceptors (Lipinski definition) is 2. The molecule has 9 heavy (non-hydrogen) atoms. The van der Waals surface area contributed by atoms with Crippen molar-refractivity contribution in [2.75, 3.05) is 0 Å². The number of rotatable bonds is 0. The maximum Gasteiger partial charge on any atom is 1.00 e. The molecule has 0 fully saturated rings. The Hall–Kier alpha value is 1.71. The summed E-state index contributed by atoms with van der Waals surface area (Å²) in [4.78, 5) is 4.47. The van der Waals surface area contributed by atoms with Crippen LogP contribution in [0.3, 0.4) is 0 Å². The van der Waals surface area contributed by atoms with Crippen molar-refractivity contribution >= 4 is 24.2 Å². The second-order valence-electron chi connectivity index (χ2n) is 1.31. The molecule has 0 aliphatic heterocycles. The summed E-state index contributed by atoms with van der Waals surface area (Å²) in [5, 5.41) is 0.456. The predicted octanol–water partition coefficient (Wildman–Crippen LogP) is -1.36. The van der Waals surface area contributed by atoms with Crippen LogP contribution in [-0.2, 0) is 12.6 Å². The van der Waals surface area contributed by atoms with Gasteiger partial charge in [0.25, 0.3) is 0 Å². The van der Waals surface area contributed by atoms with Crippen molar-refractivity contribution < 1.29 is 68.9 Å². The van der Waals surface area contributed by atoms with Gasteiger partial charge < -0.3 is 12.6 Å². The van der Waals surface area contributed by atoms with Crippen LogP contribution in [0.5, 0.6) is 0 Å². The van der Waals surface area contributed by atoms with Gasteiger partial charge in [0.05, 0.1) is 0 Å². The molecule has 0 atom stereocenters. The molecule has 0 aliphatic rings. The zero-order valence-electron chi connectivity index (χ0n) is 4.97. The summed E-state index contributed by atoms with van der Waals surface area (Å²) in [6, 6.07) is 3.36. The van der Waals surface area contributed by atoms with Gasteiger partial charge in [-0.1, -0.05) is 17.7 Å². The van der Waals surface area contributed by atoms with Gasteiger partial charge in [0.1, 0.15) is 5.15 Å². The third-order valence-corrected chi connectivity index (χ3v) is 1.16. The SMILES string of the molecule is [Cs+].[S-]c1ccnc(Cl)c1. The molecule has 42 valence electrons. The van der Waals surface area contributed by atoms with Gasteiger partial charge in [0, 0.05) is 6.20 Å². The van der Waals surface area contributed by atoms with Crippen LogP contribution in [-0.4, -0.2) is 4.98 Å². The van der Waals surface area contributed by atoms with Crippen molar-refractivity contribution in [2.45, 2.75) is 4.90 Å². The third-order valence-electron chi connectivity index (χ3n) is 0.698. The first-order valence-electron chi connectivity index (χ1n) is 2.07. The van der Waals surface area contributed by atoms with Crippen molar-refractivity contribution in [3.8, 4) is 0 Å². The van der Waals surface area contributed by atoms with Gasteiger partial charge >= 0.3 is 68.9 Å². The van der Waals surface area contributed by atoms with E-state index in [9.17, 15) is 0 Å². The zero-order chi connectivity index (χ0) is 5.98. The molecule has 1 heterocycles. The van der Waals surface area contributed by atoms with Gasteiger partial charge in [-0.15, -0.1) is 0 Å². The van der Waals surface area contributed by atoms with Gasteiger partial charge in [0.2, 0.25) is 0 Å². The van der Waals surface area contributed by atoms with E-state index in [-0.39, 0.29) is 68.9 Å². The number of aromatic nitrogens is 1. The summed E-state index contributed by atoms with van der Waals surface area (Å²) >= 11 is 10.2. The van der Waals surface area contributed by atoms with Gasteiger partial charge in [-0.25, -0.2) is 4.98 Å². The Morgan fingerprint density at radius 1 is 1.56 bits per heavy atom. The summed E-state index contributed by atoms with van der Waals surface area (Å²) in [5.41, 5.74) is 0. The molecule has 0 spiro atoms. The Balaban J connectivity index is 0.000000640. The quantitative estimate of drug-likeness (QED) is 0.429. The Labute approximate surface area is 123 Å². The van der Waals surface area contributed by atoms with Gasteiger partial charge in [-0.2, -0.15) is 4.90 Å². The molecule has 0 N–H and O–H groups in total. The van der Waals surface area contributed by atoms with Crippen LogP contribution in [0, 0.1) is 0 Å². The first-order chi connectivity index (χ1) is 3.79. The molecule has 1 rings (SSSR count). The molecule has 0 radical (unpaired) electrons. The minimum atomic E-state index is 0. The topological polar surface area (TPSA) is 12.9 Å². The molecule has 1 nitrogen and oxygen atoms in total. The fourth-order valence-corrected chi connectivity index (χ4v) is 0.796. The normalized spacial score (nSPS) is 8.11. The molecule has 0 bridgehead atoms. The van der Waals surface area contributed by atoms with E-state index < -0.39 is 0 Å². The molecule has 0 aliphatic carbocycles. The van der Waals surface area contributed by atoms with Crippen LogP contribution in [0.15, 0.2) is 23.2 Å². The van der Waals surface area contributed by atoms with Crippen molar-refractivity contribution in [2.24, 2.45) is 0 Å². The summed E-state index contributed by atoms with van der Waals surface area (Å²) in [7, 11) is 0. The van der Waals surface area contributed by atoms with Gasteiger partial charge in [-0.3, -0.25) is 0 Å². The number of hydrogen-bond donors (Lipinski definition) is 0. The molecule has 1 aromatic rings.